The summed E-state index contributed by atoms with van der Waals surface area (Å²) in [6.07, 6.45) is 5.78. The second-order valence-electron chi connectivity index (χ2n) is 11.5. The standard InChI is InChI=1S/C42H28N4/c1-3-11-29(12-4-1)30-19-21-32(22-20-30)46(31-13-5-2-6-14-31)33-23-24-36-37-17-9-18-40-41(37)39(28-45(40)42-43-25-10-26-44-42)35-16-8-7-15-34(35)38(36)27-33/h1-28H. The van der Waals surface area contributed by atoms with Gasteiger partial charge < -0.3 is 4.90 Å². The van der Waals surface area contributed by atoms with Crippen LogP contribution in [0, 0.1) is 0 Å². The van der Waals surface area contributed by atoms with E-state index in [1.807, 2.05) is 6.07 Å². The predicted molar refractivity (Wildman–Crippen MR) is 189 cm³/mol. The highest BCUT2D eigenvalue weighted by Crippen LogP contribution is 2.50. The zero-order chi connectivity index (χ0) is 30.5. The fourth-order valence-electron chi connectivity index (χ4n) is 6.84. The summed E-state index contributed by atoms with van der Waals surface area (Å²) in [5.41, 5.74) is 14.0. The minimum Gasteiger partial charge on any atom is -0.310 e. The molecule has 6 aromatic carbocycles. The summed E-state index contributed by atoms with van der Waals surface area (Å²) in [5.74, 6) is 0.668. The number of hydrogen-bond donors (Lipinski definition) is 0. The van der Waals surface area contributed by atoms with Gasteiger partial charge in [0.15, 0.2) is 0 Å². The Kier molecular flexibility index (Phi) is 6.10. The number of hydrogen-bond acceptors (Lipinski definition) is 3. The number of nitrogens with zero attached hydrogens (tertiary/aromatic N) is 4. The molecular formula is C42H28N4. The number of aromatic nitrogens is 3. The Morgan fingerprint density at radius 1 is 0.413 bits per heavy atom. The van der Waals surface area contributed by atoms with Crippen LogP contribution in [-0.4, -0.2) is 14.5 Å². The second-order valence-corrected chi connectivity index (χ2v) is 11.5. The first-order chi connectivity index (χ1) is 22.8. The lowest BCUT2D eigenvalue weighted by molar-refractivity contribution is 0.962. The number of fused-ring (bicyclic) bond motifs is 5. The SMILES string of the molecule is c1ccc(-c2ccc(N(c3ccccc3)c3ccc4c(c3)-c3ccccc3-c3cn(-c5ncccn5)c5cccc-4c35)cc2)cc1. The molecular weight excluding hydrogens is 560 g/mol. The van der Waals surface area contributed by atoms with Crippen molar-refractivity contribution in [3.8, 4) is 50.5 Å². The van der Waals surface area contributed by atoms with Gasteiger partial charge in [-0.25, -0.2) is 9.97 Å². The van der Waals surface area contributed by atoms with Crippen molar-refractivity contribution in [2.75, 3.05) is 4.90 Å². The van der Waals surface area contributed by atoms with E-state index in [4.69, 9.17) is 0 Å². The van der Waals surface area contributed by atoms with Gasteiger partial charge in [0, 0.05) is 46.6 Å². The van der Waals surface area contributed by atoms with E-state index in [0.29, 0.717) is 5.95 Å². The summed E-state index contributed by atoms with van der Waals surface area (Å²) in [5, 5.41) is 1.21. The molecule has 0 saturated heterocycles. The minimum absolute atomic E-state index is 0.668. The second kappa shape index (κ2) is 10.7. The average Bonchev–Trinajstić information content (AvgIpc) is 3.48. The zero-order valence-electron chi connectivity index (χ0n) is 25.0. The summed E-state index contributed by atoms with van der Waals surface area (Å²) in [6, 6.07) is 54.0. The molecule has 0 bridgehead atoms. The highest BCUT2D eigenvalue weighted by atomic mass is 15.1. The first-order valence-electron chi connectivity index (χ1n) is 15.5. The summed E-state index contributed by atoms with van der Waals surface area (Å²) >= 11 is 0. The highest BCUT2D eigenvalue weighted by molar-refractivity contribution is 6.13. The molecule has 0 fully saturated rings. The lowest BCUT2D eigenvalue weighted by Crippen LogP contribution is -2.10. The zero-order valence-corrected chi connectivity index (χ0v) is 25.0. The van der Waals surface area contributed by atoms with Gasteiger partial charge in [-0.15, -0.1) is 0 Å². The van der Waals surface area contributed by atoms with Gasteiger partial charge in [-0.2, -0.15) is 0 Å². The Labute approximate surface area is 267 Å². The normalized spacial score (nSPS) is 11.5. The molecule has 8 aromatic rings. The van der Waals surface area contributed by atoms with Gasteiger partial charge in [-0.3, -0.25) is 4.57 Å². The van der Waals surface area contributed by atoms with Crippen LogP contribution in [0.25, 0.3) is 61.4 Å². The molecule has 1 aliphatic carbocycles. The van der Waals surface area contributed by atoms with E-state index in [1.54, 1.807) is 12.4 Å². The molecule has 2 aromatic heterocycles. The first-order valence-corrected chi connectivity index (χ1v) is 15.5. The molecule has 46 heavy (non-hydrogen) atoms. The van der Waals surface area contributed by atoms with Crippen LogP contribution in [0.15, 0.2) is 170 Å². The molecule has 0 N–H and O–H groups in total. The third kappa shape index (κ3) is 4.23. The van der Waals surface area contributed by atoms with Gasteiger partial charge in [0.1, 0.15) is 0 Å². The van der Waals surface area contributed by atoms with Gasteiger partial charge in [0.2, 0.25) is 5.95 Å². The van der Waals surface area contributed by atoms with Crippen LogP contribution in [-0.2, 0) is 0 Å². The van der Waals surface area contributed by atoms with Gasteiger partial charge in [0.05, 0.1) is 5.52 Å². The Morgan fingerprint density at radius 2 is 1.00 bits per heavy atom. The molecule has 0 radical (unpaired) electrons. The van der Waals surface area contributed by atoms with Crippen molar-refractivity contribution in [3.05, 3.63) is 170 Å². The Hall–Kier alpha value is -6.26. The fourth-order valence-corrected chi connectivity index (χ4v) is 6.84. The van der Waals surface area contributed by atoms with Gasteiger partial charge in [-0.1, -0.05) is 103 Å². The number of rotatable bonds is 5. The van der Waals surface area contributed by atoms with E-state index >= 15 is 0 Å². The summed E-state index contributed by atoms with van der Waals surface area (Å²) in [6.45, 7) is 0. The molecule has 0 unspecified atom stereocenters. The van der Waals surface area contributed by atoms with Crippen molar-refractivity contribution in [1.82, 2.24) is 14.5 Å². The number of para-hydroxylation sites is 1. The molecule has 9 rings (SSSR count). The molecule has 0 aliphatic heterocycles. The summed E-state index contributed by atoms with van der Waals surface area (Å²) in [4.78, 5) is 11.5. The third-order valence-corrected chi connectivity index (χ3v) is 8.90. The van der Waals surface area contributed by atoms with Crippen molar-refractivity contribution in [1.29, 1.82) is 0 Å². The van der Waals surface area contributed by atoms with Crippen LogP contribution in [0.3, 0.4) is 0 Å². The first kappa shape index (κ1) is 26.2. The minimum atomic E-state index is 0.668. The summed E-state index contributed by atoms with van der Waals surface area (Å²) < 4.78 is 2.11. The number of benzene rings is 6. The van der Waals surface area contributed by atoms with Crippen molar-refractivity contribution in [2.24, 2.45) is 0 Å². The summed E-state index contributed by atoms with van der Waals surface area (Å²) in [7, 11) is 0. The van der Waals surface area contributed by atoms with Crippen molar-refractivity contribution >= 4 is 28.0 Å². The van der Waals surface area contributed by atoms with E-state index in [2.05, 4.69) is 171 Å². The lowest BCUT2D eigenvalue weighted by atomic mass is 9.93. The van der Waals surface area contributed by atoms with E-state index in [1.165, 1.54) is 49.9 Å². The highest BCUT2D eigenvalue weighted by Gasteiger charge is 2.25. The Morgan fingerprint density at radius 3 is 1.76 bits per heavy atom. The topological polar surface area (TPSA) is 34.0 Å². The smallest absolute Gasteiger partial charge is 0.234 e. The molecule has 2 heterocycles. The van der Waals surface area contributed by atoms with Crippen molar-refractivity contribution in [2.45, 2.75) is 0 Å². The molecule has 0 saturated carbocycles. The lowest BCUT2D eigenvalue weighted by Gasteiger charge is -2.27. The fraction of sp³-hybridized carbons (Fsp3) is 0. The van der Waals surface area contributed by atoms with Crippen LogP contribution in [0.4, 0.5) is 17.1 Å². The average molecular weight is 589 g/mol. The largest absolute Gasteiger partial charge is 0.310 e. The molecule has 4 nitrogen and oxygen atoms in total. The van der Waals surface area contributed by atoms with Gasteiger partial charge >= 0.3 is 0 Å². The monoisotopic (exact) mass is 588 g/mol. The van der Waals surface area contributed by atoms with Gasteiger partial charge in [-0.05, 0) is 87.5 Å². The molecule has 4 heteroatoms. The van der Waals surface area contributed by atoms with Crippen molar-refractivity contribution in [3.63, 3.8) is 0 Å². The predicted octanol–water partition coefficient (Wildman–Crippen LogP) is 10.9. The van der Waals surface area contributed by atoms with Crippen LogP contribution in [0.5, 0.6) is 0 Å². The van der Waals surface area contributed by atoms with Crippen LogP contribution in [0.1, 0.15) is 0 Å². The molecule has 0 atom stereocenters. The van der Waals surface area contributed by atoms with E-state index in [0.717, 1.165) is 22.6 Å². The Balaban J connectivity index is 1.24. The molecule has 0 amide bonds. The number of anilines is 3. The van der Waals surface area contributed by atoms with E-state index in [-0.39, 0.29) is 0 Å². The van der Waals surface area contributed by atoms with Gasteiger partial charge in [0.25, 0.3) is 0 Å². The van der Waals surface area contributed by atoms with Crippen LogP contribution >= 0.6 is 0 Å². The van der Waals surface area contributed by atoms with Crippen LogP contribution < -0.4 is 4.90 Å². The van der Waals surface area contributed by atoms with Crippen molar-refractivity contribution < 1.29 is 0 Å². The Bertz CT molecular complexity index is 2340. The third-order valence-electron chi connectivity index (χ3n) is 8.90. The maximum absolute atomic E-state index is 4.58. The molecule has 0 spiro atoms. The van der Waals surface area contributed by atoms with E-state index in [9.17, 15) is 0 Å². The van der Waals surface area contributed by atoms with Crippen LogP contribution in [0.2, 0.25) is 0 Å². The molecule has 216 valence electrons. The molecule has 1 aliphatic rings. The maximum Gasteiger partial charge on any atom is 0.234 e. The van der Waals surface area contributed by atoms with E-state index < -0.39 is 0 Å². The quantitative estimate of drug-likeness (QED) is 0.201. The maximum atomic E-state index is 4.58.